The van der Waals surface area contributed by atoms with E-state index in [1.54, 1.807) is 6.07 Å². The molecule has 0 bridgehead atoms. The Morgan fingerprint density at radius 1 is 1.36 bits per heavy atom. The molecule has 1 rings (SSSR count). The number of benzene rings is 1. The molecule has 0 aliphatic rings. The second-order valence-electron chi connectivity index (χ2n) is 6.47. The molecule has 0 fully saturated rings. The molecule has 0 aliphatic carbocycles. The van der Waals surface area contributed by atoms with Gasteiger partial charge in [-0.2, -0.15) is 0 Å². The fraction of sp³-hybridized carbons (Fsp3) is 0.588. The molecule has 0 saturated heterocycles. The third-order valence-corrected chi connectivity index (χ3v) is 4.13. The van der Waals surface area contributed by atoms with Crippen molar-refractivity contribution in [1.29, 1.82) is 0 Å². The van der Waals surface area contributed by atoms with Gasteiger partial charge in [0.1, 0.15) is 5.82 Å². The first-order valence-electron chi connectivity index (χ1n) is 7.52. The van der Waals surface area contributed by atoms with Crippen LogP contribution in [0, 0.1) is 17.7 Å². The van der Waals surface area contributed by atoms with Gasteiger partial charge in [-0.15, -0.1) is 12.4 Å². The Morgan fingerprint density at radius 3 is 2.50 bits per heavy atom. The first-order valence-corrected chi connectivity index (χ1v) is 7.52. The highest BCUT2D eigenvalue weighted by atomic mass is 35.5. The SMILES string of the molecule is CC(CC(=O)NC(C)(CN)C(C)C)Cc1cccc(F)c1.Cl. The molecular weight excluding hydrogens is 303 g/mol. The molecule has 1 amide bonds. The van der Waals surface area contributed by atoms with E-state index in [1.165, 1.54) is 12.1 Å². The molecular formula is C17H28ClFN2O. The number of nitrogens with two attached hydrogens (primary N) is 1. The van der Waals surface area contributed by atoms with Gasteiger partial charge in [0, 0.05) is 13.0 Å². The third kappa shape index (κ3) is 6.32. The Morgan fingerprint density at radius 2 is 2.00 bits per heavy atom. The lowest BCUT2D eigenvalue weighted by atomic mass is 9.88. The van der Waals surface area contributed by atoms with E-state index in [4.69, 9.17) is 5.73 Å². The van der Waals surface area contributed by atoms with Crippen LogP contribution in [0.5, 0.6) is 0 Å². The molecule has 2 atom stereocenters. The van der Waals surface area contributed by atoms with E-state index in [9.17, 15) is 9.18 Å². The maximum Gasteiger partial charge on any atom is 0.220 e. The Balaban J connectivity index is 0.00000441. The van der Waals surface area contributed by atoms with Crippen LogP contribution in [-0.4, -0.2) is 18.0 Å². The maximum atomic E-state index is 13.1. The van der Waals surface area contributed by atoms with Crippen molar-refractivity contribution in [3.05, 3.63) is 35.6 Å². The van der Waals surface area contributed by atoms with Gasteiger partial charge in [0.25, 0.3) is 0 Å². The Bertz CT molecular complexity index is 481. The van der Waals surface area contributed by atoms with Crippen molar-refractivity contribution in [3.63, 3.8) is 0 Å². The second-order valence-corrected chi connectivity index (χ2v) is 6.47. The van der Waals surface area contributed by atoms with E-state index in [-0.39, 0.29) is 41.5 Å². The molecule has 0 heterocycles. The zero-order chi connectivity index (χ0) is 16.0. The summed E-state index contributed by atoms with van der Waals surface area (Å²) < 4.78 is 13.1. The van der Waals surface area contributed by atoms with E-state index >= 15 is 0 Å². The highest BCUT2D eigenvalue weighted by Gasteiger charge is 2.28. The van der Waals surface area contributed by atoms with Crippen LogP contribution in [0.15, 0.2) is 24.3 Å². The van der Waals surface area contributed by atoms with Gasteiger partial charge >= 0.3 is 0 Å². The molecule has 0 radical (unpaired) electrons. The minimum absolute atomic E-state index is 0. The molecule has 0 aliphatic heterocycles. The van der Waals surface area contributed by atoms with Crippen molar-refractivity contribution < 1.29 is 9.18 Å². The van der Waals surface area contributed by atoms with Crippen LogP contribution in [-0.2, 0) is 11.2 Å². The molecule has 1 aromatic carbocycles. The maximum absolute atomic E-state index is 13.1. The van der Waals surface area contributed by atoms with Crippen LogP contribution in [0.25, 0.3) is 0 Å². The lowest BCUT2D eigenvalue weighted by molar-refractivity contribution is -0.124. The van der Waals surface area contributed by atoms with Gasteiger partial charge < -0.3 is 11.1 Å². The van der Waals surface area contributed by atoms with Crippen molar-refractivity contribution >= 4 is 18.3 Å². The van der Waals surface area contributed by atoms with Gasteiger partial charge in [0.15, 0.2) is 0 Å². The summed E-state index contributed by atoms with van der Waals surface area (Å²) in [5, 5.41) is 3.03. The van der Waals surface area contributed by atoms with E-state index in [2.05, 4.69) is 5.32 Å². The van der Waals surface area contributed by atoms with E-state index in [0.29, 0.717) is 19.4 Å². The standard InChI is InChI=1S/C17H27FN2O.ClH/c1-12(2)17(4,11-19)20-16(21)9-13(3)8-14-6-5-7-15(18)10-14;/h5-7,10,12-13H,8-9,11,19H2,1-4H3,(H,20,21);1H. The molecule has 0 saturated carbocycles. The first-order chi connectivity index (χ1) is 9.76. The summed E-state index contributed by atoms with van der Waals surface area (Å²) >= 11 is 0. The number of rotatable bonds is 7. The first kappa shape index (κ1) is 20.9. The van der Waals surface area contributed by atoms with Crippen molar-refractivity contribution in [2.24, 2.45) is 17.6 Å². The highest BCUT2D eigenvalue weighted by Crippen LogP contribution is 2.17. The minimum atomic E-state index is -0.379. The summed E-state index contributed by atoms with van der Waals surface area (Å²) in [6, 6.07) is 6.53. The molecule has 0 aromatic heterocycles. The number of hydrogen-bond donors (Lipinski definition) is 2. The largest absolute Gasteiger partial charge is 0.349 e. The summed E-state index contributed by atoms with van der Waals surface area (Å²) in [4.78, 5) is 12.1. The summed E-state index contributed by atoms with van der Waals surface area (Å²) in [5.41, 5.74) is 6.31. The fourth-order valence-electron chi connectivity index (χ4n) is 2.26. The monoisotopic (exact) mass is 330 g/mol. The minimum Gasteiger partial charge on any atom is -0.349 e. The summed E-state index contributed by atoms with van der Waals surface area (Å²) in [7, 11) is 0. The van der Waals surface area contributed by atoms with Gasteiger partial charge in [-0.1, -0.05) is 32.9 Å². The highest BCUT2D eigenvalue weighted by molar-refractivity contribution is 5.85. The Hall–Kier alpha value is -1.13. The average molecular weight is 331 g/mol. The van der Waals surface area contributed by atoms with Crippen LogP contribution in [0.2, 0.25) is 0 Å². The molecule has 5 heteroatoms. The van der Waals surface area contributed by atoms with E-state index in [0.717, 1.165) is 5.56 Å². The molecule has 3 nitrogen and oxygen atoms in total. The number of halogens is 2. The molecule has 2 unspecified atom stereocenters. The fourth-order valence-corrected chi connectivity index (χ4v) is 2.26. The molecule has 1 aromatic rings. The predicted molar refractivity (Wildman–Crippen MR) is 91.6 cm³/mol. The van der Waals surface area contributed by atoms with Gasteiger partial charge in [-0.05, 0) is 42.9 Å². The molecule has 3 N–H and O–H groups in total. The van der Waals surface area contributed by atoms with E-state index < -0.39 is 0 Å². The lowest BCUT2D eigenvalue weighted by Crippen LogP contribution is -2.55. The molecule has 0 spiro atoms. The van der Waals surface area contributed by atoms with Crippen LogP contribution in [0.1, 0.15) is 39.7 Å². The number of nitrogens with one attached hydrogen (secondary N) is 1. The van der Waals surface area contributed by atoms with Crippen molar-refractivity contribution in [3.8, 4) is 0 Å². The number of amides is 1. The van der Waals surface area contributed by atoms with Crippen LogP contribution in [0.4, 0.5) is 4.39 Å². The topological polar surface area (TPSA) is 55.1 Å². The Kier molecular flexibility index (Phi) is 8.64. The van der Waals surface area contributed by atoms with Gasteiger partial charge in [-0.25, -0.2) is 4.39 Å². The van der Waals surface area contributed by atoms with Crippen molar-refractivity contribution in [1.82, 2.24) is 5.32 Å². The summed E-state index contributed by atoms with van der Waals surface area (Å²) in [6.07, 6.45) is 1.10. The normalized spacial score (nSPS) is 14.9. The summed E-state index contributed by atoms with van der Waals surface area (Å²) in [5.74, 6) is 0.186. The van der Waals surface area contributed by atoms with Gasteiger partial charge in [-0.3, -0.25) is 4.79 Å². The van der Waals surface area contributed by atoms with Crippen molar-refractivity contribution in [2.45, 2.75) is 46.1 Å². The van der Waals surface area contributed by atoms with Crippen molar-refractivity contribution in [2.75, 3.05) is 6.54 Å². The molecule has 22 heavy (non-hydrogen) atoms. The number of carbonyl (C=O) groups is 1. The zero-order valence-electron chi connectivity index (χ0n) is 13.9. The van der Waals surface area contributed by atoms with Crippen LogP contribution < -0.4 is 11.1 Å². The third-order valence-electron chi connectivity index (χ3n) is 4.13. The van der Waals surface area contributed by atoms with Gasteiger partial charge in [0.05, 0.1) is 5.54 Å². The predicted octanol–water partition coefficient (Wildman–Crippen LogP) is 3.31. The number of carbonyl (C=O) groups excluding carboxylic acids is 1. The number of hydrogen-bond acceptors (Lipinski definition) is 2. The zero-order valence-corrected chi connectivity index (χ0v) is 14.7. The lowest BCUT2D eigenvalue weighted by Gasteiger charge is -2.34. The summed E-state index contributed by atoms with van der Waals surface area (Å²) in [6.45, 7) is 8.47. The van der Waals surface area contributed by atoms with Gasteiger partial charge in [0.2, 0.25) is 5.91 Å². The van der Waals surface area contributed by atoms with Crippen LogP contribution >= 0.6 is 12.4 Å². The average Bonchev–Trinajstić information content (AvgIpc) is 2.37. The smallest absolute Gasteiger partial charge is 0.220 e. The quantitative estimate of drug-likeness (QED) is 0.806. The van der Waals surface area contributed by atoms with E-state index in [1.807, 2.05) is 33.8 Å². The second kappa shape index (κ2) is 9.11. The van der Waals surface area contributed by atoms with Crippen LogP contribution in [0.3, 0.4) is 0 Å². The molecule has 126 valence electrons. The Labute approximate surface area is 139 Å².